The van der Waals surface area contributed by atoms with Crippen LogP contribution in [0.25, 0.3) is 0 Å². The highest BCUT2D eigenvalue weighted by Crippen LogP contribution is 2.30. The minimum atomic E-state index is -3.66. The van der Waals surface area contributed by atoms with Crippen LogP contribution < -0.4 is 10.1 Å². The first-order valence-corrected chi connectivity index (χ1v) is 9.68. The van der Waals surface area contributed by atoms with E-state index in [9.17, 15) is 13.2 Å². The van der Waals surface area contributed by atoms with Crippen molar-refractivity contribution in [2.45, 2.75) is 51.0 Å². The van der Waals surface area contributed by atoms with Gasteiger partial charge >= 0.3 is 0 Å². The molecule has 0 bridgehead atoms. The van der Waals surface area contributed by atoms with Crippen molar-refractivity contribution >= 4 is 15.9 Å². The van der Waals surface area contributed by atoms with Crippen LogP contribution in [0.3, 0.4) is 0 Å². The van der Waals surface area contributed by atoms with E-state index < -0.39 is 15.6 Å². The van der Waals surface area contributed by atoms with Crippen LogP contribution in [0.2, 0.25) is 0 Å². The van der Waals surface area contributed by atoms with Crippen molar-refractivity contribution in [1.82, 2.24) is 9.62 Å². The van der Waals surface area contributed by atoms with Crippen molar-refractivity contribution in [1.29, 1.82) is 0 Å². The van der Waals surface area contributed by atoms with Gasteiger partial charge in [0.1, 0.15) is 10.6 Å². The van der Waals surface area contributed by atoms with Crippen LogP contribution in [-0.4, -0.2) is 43.9 Å². The van der Waals surface area contributed by atoms with Crippen LogP contribution in [0.5, 0.6) is 5.75 Å². The van der Waals surface area contributed by atoms with Gasteiger partial charge in [0.25, 0.3) is 5.91 Å². The second-order valence-electron chi connectivity index (χ2n) is 6.91. The van der Waals surface area contributed by atoms with Crippen molar-refractivity contribution in [2.75, 3.05) is 19.7 Å². The number of rotatable bonds is 5. The predicted octanol–water partition coefficient (Wildman–Crippen LogP) is 2.40. The summed E-state index contributed by atoms with van der Waals surface area (Å²) in [5, 5.41) is 2.85. The molecule has 0 saturated carbocycles. The Morgan fingerprint density at radius 3 is 2.42 bits per heavy atom. The number of nitrogens with one attached hydrogen (secondary N) is 1. The normalized spacial score (nSPS) is 16.2. The zero-order valence-electron chi connectivity index (χ0n) is 14.8. The van der Waals surface area contributed by atoms with Crippen LogP contribution in [0.4, 0.5) is 0 Å². The number of nitrogens with zero attached hydrogens (tertiary/aromatic N) is 1. The summed E-state index contributed by atoms with van der Waals surface area (Å²) in [5.41, 5.74) is -0.0879. The van der Waals surface area contributed by atoms with E-state index >= 15 is 0 Å². The summed E-state index contributed by atoms with van der Waals surface area (Å²) in [4.78, 5) is 12.4. The lowest BCUT2D eigenvalue weighted by Crippen LogP contribution is -2.40. The molecule has 1 fully saturated rings. The molecule has 0 atom stereocenters. The first-order chi connectivity index (χ1) is 11.1. The predicted molar refractivity (Wildman–Crippen MR) is 92.8 cm³/mol. The summed E-state index contributed by atoms with van der Waals surface area (Å²) < 4.78 is 32.7. The van der Waals surface area contributed by atoms with Gasteiger partial charge < -0.3 is 10.1 Å². The molecule has 7 heteroatoms. The van der Waals surface area contributed by atoms with E-state index in [2.05, 4.69) is 5.32 Å². The fraction of sp³-hybridized carbons (Fsp3) is 0.588. The second-order valence-corrected chi connectivity index (χ2v) is 8.82. The Hall–Kier alpha value is -1.60. The maximum atomic E-state index is 12.9. The number of carbonyl (C=O) groups is 1. The number of sulfonamides is 1. The minimum Gasteiger partial charge on any atom is -0.492 e. The van der Waals surface area contributed by atoms with E-state index in [1.165, 1.54) is 10.4 Å². The molecule has 1 N–H and O–H groups in total. The Bertz CT molecular complexity index is 702. The molecule has 0 aliphatic carbocycles. The molecule has 0 spiro atoms. The number of ether oxygens (including phenoxy) is 1. The first kappa shape index (κ1) is 18.7. The van der Waals surface area contributed by atoms with E-state index in [0.29, 0.717) is 25.3 Å². The van der Waals surface area contributed by atoms with E-state index in [1.54, 1.807) is 19.1 Å². The molecule has 1 heterocycles. The van der Waals surface area contributed by atoms with Gasteiger partial charge in [0.05, 0.1) is 6.61 Å². The molecular formula is C17H26N2O4S. The first-order valence-electron chi connectivity index (χ1n) is 8.24. The molecule has 0 radical (unpaired) electrons. The lowest BCUT2D eigenvalue weighted by molar-refractivity contribution is 0.0919. The van der Waals surface area contributed by atoms with E-state index in [0.717, 1.165) is 12.8 Å². The topological polar surface area (TPSA) is 75.7 Å². The van der Waals surface area contributed by atoms with Gasteiger partial charge in [-0.1, -0.05) is 0 Å². The number of benzene rings is 1. The van der Waals surface area contributed by atoms with Crippen molar-refractivity contribution < 1.29 is 17.9 Å². The number of carbonyl (C=O) groups excluding carboxylic acids is 1. The Labute approximate surface area is 144 Å². The van der Waals surface area contributed by atoms with Gasteiger partial charge in [-0.2, -0.15) is 4.31 Å². The molecule has 24 heavy (non-hydrogen) atoms. The number of hydrogen-bond acceptors (Lipinski definition) is 4. The van der Waals surface area contributed by atoms with Crippen LogP contribution >= 0.6 is 0 Å². The Kier molecular flexibility index (Phi) is 5.55. The lowest BCUT2D eigenvalue weighted by Gasteiger charge is -2.22. The van der Waals surface area contributed by atoms with Gasteiger partial charge in [-0.05, 0) is 58.7 Å². The van der Waals surface area contributed by atoms with E-state index in [4.69, 9.17) is 4.74 Å². The van der Waals surface area contributed by atoms with Crippen molar-refractivity contribution in [3.8, 4) is 5.75 Å². The number of hydrogen-bond donors (Lipinski definition) is 1. The van der Waals surface area contributed by atoms with Crippen LogP contribution in [0, 0.1) is 0 Å². The highest BCUT2D eigenvalue weighted by atomic mass is 32.2. The molecular weight excluding hydrogens is 328 g/mol. The Balaban J connectivity index is 2.43. The minimum absolute atomic E-state index is 0.0628. The monoisotopic (exact) mass is 354 g/mol. The lowest BCUT2D eigenvalue weighted by atomic mass is 10.1. The third kappa shape index (κ3) is 4.27. The second kappa shape index (κ2) is 7.11. The van der Waals surface area contributed by atoms with E-state index in [-0.39, 0.29) is 16.6 Å². The fourth-order valence-electron chi connectivity index (χ4n) is 2.61. The van der Waals surface area contributed by atoms with Gasteiger partial charge in [-0.3, -0.25) is 4.79 Å². The summed E-state index contributed by atoms with van der Waals surface area (Å²) in [6.45, 7) is 8.80. The molecule has 1 aromatic rings. The van der Waals surface area contributed by atoms with Crippen LogP contribution in [0.1, 0.15) is 50.9 Å². The Morgan fingerprint density at radius 2 is 1.88 bits per heavy atom. The van der Waals surface area contributed by atoms with Crippen LogP contribution in [-0.2, 0) is 10.0 Å². The van der Waals surface area contributed by atoms with Crippen molar-refractivity contribution in [2.24, 2.45) is 0 Å². The quantitative estimate of drug-likeness (QED) is 0.881. The molecule has 1 amide bonds. The molecule has 1 aliphatic heterocycles. The molecule has 2 rings (SSSR count). The summed E-state index contributed by atoms with van der Waals surface area (Å²) in [5.74, 6) is -0.0138. The summed E-state index contributed by atoms with van der Waals surface area (Å²) in [6.07, 6.45) is 1.71. The molecule has 1 aromatic carbocycles. The molecule has 6 nitrogen and oxygen atoms in total. The fourth-order valence-corrected chi connectivity index (χ4v) is 4.28. The largest absolute Gasteiger partial charge is 0.492 e. The third-order valence-electron chi connectivity index (χ3n) is 3.68. The summed E-state index contributed by atoms with van der Waals surface area (Å²) in [7, 11) is -3.66. The van der Waals surface area contributed by atoms with Gasteiger partial charge in [0, 0.05) is 24.2 Å². The Morgan fingerprint density at radius 1 is 1.25 bits per heavy atom. The summed E-state index contributed by atoms with van der Waals surface area (Å²) in [6, 6.07) is 4.57. The van der Waals surface area contributed by atoms with Crippen molar-refractivity contribution in [3.63, 3.8) is 0 Å². The molecule has 0 aromatic heterocycles. The van der Waals surface area contributed by atoms with Gasteiger partial charge in [-0.25, -0.2) is 8.42 Å². The number of amides is 1. The SMILES string of the molecule is CCOc1ccc(C(=O)NC(C)(C)C)cc1S(=O)(=O)N1CCCC1. The third-order valence-corrected chi connectivity index (χ3v) is 5.60. The average molecular weight is 354 g/mol. The van der Waals surface area contributed by atoms with E-state index in [1.807, 2.05) is 20.8 Å². The molecule has 0 unspecified atom stereocenters. The molecule has 1 saturated heterocycles. The molecule has 134 valence electrons. The highest BCUT2D eigenvalue weighted by molar-refractivity contribution is 7.89. The zero-order chi connectivity index (χ0) is 18.0. The highest BCUT2D eigenvalue weighted by Gasteiger charge is 2.31. The average Bonchev–Trinajstić information content (AvgIpc) is 3.01. The maximum Gasteiger partial charge on any atom is 0.251 e. The smallest absolute Gasteiger partial charge is 0.251 e. The summed E-state index contributed by atoms with van der Waals surface area (Å²) >= 11 is 0. The van der Waals surface area contributed by atoms with Gasteiger partial charge in [0.2, 0.25) is 10.0 Å². The van der Waals surface area contributed by atoms with Gasteiger partial charge in [0.15, 0.2) is 0 Å². The maximum absolute atomic E-state index is 12.9. The molecule has 1 aliphatic rings. The van der Waals surface area contributed by atoms with Crippen LogP contribution in [0.15, 0.2) is 23.1 Å². The van der Waals surface area contributed by atoms with Crippen molar-refractivity contribution in [3.05, 3.63) is 23.8 Å². The zero-order valence-corrected chi connectivity index (χ0v) is 15.6. The van der Waals surface area contributed by atoms with Gasteiger partial charge in [-0.15, -0.1) is 0 Å². The standard InChI is InChI=1S/C17H26N2O4S/c1-5-23-14-9-8-13(16(20)18-17(2,3)4)12-15(14)24(21,22)19-10-6-7-11-19/h8-9,12H,5-7,10-11H2,1-4H3,(H,18,20).